The third-order valence-electron chi connectivity index (χ3n) is 4.95. The SMILES string of the molecule is C=CCN(Cc1ccc(C#N)cc1)C(=O)C1(Sc2ccccc2)CCCC1. The molecule has 3 nitrogen and oxygen atoms in total. The summed E-state index contributed by atoms with van der Waals surface area (Å²) in [7, 11) is 0. The van der Waals surface area contributed by atoms with Gasteiger partial charge in [-0.1, -0.05) is 49.2 Å². The summed E-state index contributed by atoms with van der Waals surface area (Å²) in [5.41, 5.74) is 1.66. The number of amides is 1. The molecule has 2 aromatic carbocycles. The van der Waals surface area contributed by atoms with Crippen LogP contribution >= 0.6 is 11.8 Å². The third-order valence-corrected chi connectivity index (χ3v) is 6.43. The van der Waals surface area contributed by atoms with Crippen molar-refractivity contribution in [1.82, 2.24) is 4.90 Å². The molecule has 1 fully saturated rings. The molecule has 1 aliphatic carbocycles. The first kappa shape index (κ1) is 19.3. The lowest BCUT2D eigenvalue weighted by atomic mass is 10.0. The zero-order valence-electron chi connectivity index (χ0n) is 15.4. The number of nitriles is 1. The predicted molar refractivity (Wildman–Crippen MR) is 110 cm³/mol. The van der Waals surface area contributed by atoms with E-state index in [2.05, 4.69) is 24.8 Å². The number of benzene rings is 2. The van der Waals surface area contributed by atoms with E-state index >= 15 is 0 Å². The highest BCUT2D eigenvalue weighted by Gasteiger charge is 2.44. The van der Waals surface area contributed by atoms with Gasteiger partial charge in [0, 0.05) is 18.0 Å². The maximum atomic E-state index is 13.6. The van der Waals surface area contributed by atoms with Gasteiger partial charge in [-0.3, -0.25) is 4.79 Å². The Hall–Kier alpha value is -2.51. The number of rotatable bonds is 7. The van der Waals surface area contributed by atoms with E-state index in [9.17, 15) is 4.79 Å². The zero-order chi connectivity index (χ0) is 19.1. The first-order valence-electron chi connectivity index (χ1n) is 9.30. The highest BCUT2D eigenvalue weighted by Crippen LogP contribution is 2.46. The van der Waals surface area contributed by atoms with Crippen LogP contribution in [0.5, 0.6) is 0 Å². The van der Waals surface area contributed by atoms with E-state index in [0.29, 0.717) is 18.7 Å². The van der Waals surface area contributed by atoms with Crippen molar-refractivity contribution in [3.63, 3.8) is 0 Å². The Morgan fingerprint density at radius 2 is 1.81 bits per heavy atom. The van der Waals surface area contributed by atoms with E-state index in [1.807, 2.05) is 35.2 Å². The molecule has 1 aliphatic rings. The molecule has 0 atom stereocenters. The fourth-order valence-corrected chi connectivity index (χ4v) is 5.04. The topological polar surface area (TPSA) is 44.1 Å². The van der Waals surface area contributed by atoms with Gasteiger partial charge >= 0.3 is 0 Å². The van der Waals surface area contributed by atoms with E-state index in [4.69, 9.17) is 5.26 Å². The largest absolute Gasteiger partial charge is 0.333 e. The minimum absolute atomic E-state index is 0.193. The molecule has 1 saturated carbocycles. The van der Waals surface area contributed by atoms with Crippen LogP contribution in [0.25, 0.3) is 0 Å². The van der Waals surface area contributed by atoms with Crippen molar-refractivity contribution >= 4 is 17.7 Å². The van der Waals surface area contributed by atoms with E-state index in [0.717, 1.165) is 36.1 Å². The van der Waals surface area contributed by atoms with Gasteiger partial charge < -0.3 is 4.90 Å². The maximum Gasteiger partial charge on any atom is 0.239 e. The highest BCUT2D eigenvalue weighted by molar-refractivity contribution is 8.01. The molecule has 2 aromatic rings. The van der Waals surface area contributed by atoms with Gasteiger partial charge in [-0.25, -0.2) is 0 Å². The summed E-state index contributed by atoms with van der Waals surface area (Å²) in [6, 6.07) is 19.8. The average Bonchev–Trinajstić information content (AvgIpc) is 3.18. The van der Waals surface area contributed by atoms with Crippen LogP contribution in [0.15, 0.2) is 72.1 Å². The van der Waals surface area contributed by atoms with Crippen molar-refractivity contribution in [2.24, 2.45) is 0 Å². The quantitative estimate of drug-likeness (QED) is 0.626. The minimum atomic E-state index is -0.392. The van der Waals surface area contributed by atoms with E-state index in [1.165, 1.54) is 0 Å². The molecule has 1 amide bonds. The maximum absolute atomic E-state index is 13.6. The van der Waals surface area contributed by atoms with E-state index < -0.39 is 4.75 Å². The zero-order valence-corrected chi connectivity index (χ0v) is 16.3. The fraction of sp³-hybridized carbons (Fsp3) is 0.304. The van der Waals surface area contributed by atoms with Gasteiger partial charge in [0.25, 0.3) is 0 Å². The lowest BCUT2D eigenvalue weighted by Crippen LogP contribution is -2.45. The molecule has 0 saturated heterocycles. The third kappa shape index (κ3) is 4.61. The van der Waals surface area contributed by atoms with Gasteiger partial charge in [0.2, 0.25) is 5.91 Å². The van der Waals surface area contributed by atoms with E-state index in [-0.39, 0.29) is 5.91 Å². The Kier molecular flexibility index (Phi) is 6.36. The minimum Gasteiger partial charge on any atom is -0.333 e. The Balaban J connectivity index is 1.82. The molecule has 0 N–H and O–H groups in total. The van der Waals surface area contributed by atoms with Gasteiger partial charge in [-0.2, -0.15) is 5.26 Å². The summed E-state index contributed by atoms with van der Waals surface area (Å²) in [6.07, 6.45) is 5.78. The normalized spacial score (nSPS) is 15.1. The van der Waals surface area contributed by atoms with Gasteiger partial charge in [0.1, 0.15) is 0 Å². The number of thioether (sulfide) groups is 1. The Morgan fingerprint density at radius 1 is 1.15 bits per heavy atom. The van der Waals surface area contributed by atoms with Crippen molar-refractivity contribution in [3.05, 3.63) is 78.4 Å². The summed E-state index contributed by atoms with van der Waals surface area (Å²) in [4.78, 5) is 16.6. The second-order valence-corrected chi connectivity index (χ2v) is 8.36. The monoisotopic (exact) mass is 376 g/mol. The molecular formula is C23H24N2OS. The number of hydrogen-bond donors (Lipinski definition) is 0. The van der Waals surface area contributed by atoms with Crippen molar-refractivity contribution < 1.29 is 4.79 Å². The summed E-state index contributed by atoms with van der Waals surface area (Å²) in [5.74, 6) is 0.193. The molecular weight excluding hydrogens is 352 g/mol. The van der Waals surface area contributed by atoms with Crippen LogP contribution in [0, 0.1) is 11.3 Å². The van der Waals surface area contributed by atoms with Crippen molar-refractivity contribution in [3.8, 4) is 6.07 Å². The second-order valence-electron chi connectivity index (χ2n) is 6.90. The van der Waals surface area contributed by atoms with Crippen LogP contribution in [0.4, 0.5) is 0 Å². The molecule has 0 radical (unpaired) electrons. The molecule has 3 rings (SSSR count). The summed E-state index contributed by atoms with van der Waals surface area (Å²) in [6.45, 7) is 4.90. The average molecular weight is 377 g/mol. The molecule has 138 valence electrons. The van der Waals surface area contributed by atoms with Crippen LogP contribution in [0.3, 0.4) is 0 Å². The second kappa shape index (κ2) is 8.92. The smallest absolute Gasteiger partial charge is 0.239 e. The summed E-state index contributed by atoms with van der Waals surface area (Å²) in [5, 5.41) is 8.97. The molecule has 27 heavy (non-hydrogen) atoms. The van der Waals surface area contributed by atoms with Crippen LogP contribution in [-0.2, 0) is 11.3 Å². The number of hydrogen-bond acceptors (Lipinski definition) is 3. The summed E-state index contributed by atoms with van der Waals surface area (Å²) >= 11 is 1.71. The fourth-order valence-electron chi connectivity index (χ4n) is 3.59. The molecule has 0 heterocycles. The predicted octanol–water partition coefficient (Wildman–Crippen LogP) is 5.18. The van der Waals surface area contributed by atoms with E-state index in [1.54, 1.807) is 30.0 Å². The van der Waals surface area contributed by atoms with Crippen LogP contribution in [-0.4, -0.2) is 22.1 Å². The molecule has 0 bridgehead atoms. The number of carbonyl (C=O) groups is 1. The Bertz CT molecular complexity index is 818. The van der Waals surface area contributed by atoms with Crippen molar-refractivity contribution in [2.75, 3.05) is 6.54 Å². The standard InChI is InChI=1S/C23H24N2OS/c1-2-16-25(18-20-12-10-19(17-24)11-13-20)22(26)23(14-6-7-15-23)27-21-8-4-3-5-9-21/h2-5,8-13H,1,6-7,14-16,18H2. The highest BCUT2D eigenvalue weighted by atomic mass is 32.2. The molecule has 0 aliphatic heterocycles. The van der Waals surface area contributed by atoms with Crippen LogP contribution < -0.4 is 0 Å². The lowest BCUT2D eigenvalue weighted by molar-refractivity contribution is -0.133. The van der Waals surface area contributed by atoms with Gasteiger partial charge in [-0.05, 0) is 42.7 Å². The van der Waals surface area contributed by atoms with Gasteiger partial charge in [-0.15, -0.1) is 18.3 Å². The molecule has 4 heteroatoms. The van der Waals surface area contributed by atoms with Gasteiger partial charge in [0.15, 0.2) is 0 Å². The van der Waals surface area contributed by atoms with Crippen molar-refractivity contribution in [2.45, 2.75) is 41.9 Å². The summed E-state index contributed by atoms with van der Waals surface area (Å²) < 4.78 is -0.392. The first-order valence-corrected chi connectivity index (χ1v) is 10.1. The van der Waals surface area contributed by atoms with Crippen molar-refractivity contribution in [1.29, 1.82) is 5.26 Å². The number of carbonyl (C=O) groups excluding carboxylic acids is 1. The number of nitrogens with zero attached hydrogens (tertiary/aromatic N) is 2. The van der Waals surface area contributed by atoms with Crippen LogP contribution in [0.1, 0.15) is 36.8 Å². The molecule has 0 aromatic heterocycles. The Morgan fingerprint density at radius 3 is 2.41 bits per heavy atom. The first-order chi connectivity index (χ1) is 13.2. The Labute approximate surface area is 165 Å². The molecule has 0 unspecified atom stereocenters. The van der Waals surface area contributed by atoms with Gasteiger partial charge in [0.05, 0.1) is 16.4 Å². The molecule has 0 spiro atoms. The lowest BCUT2D eigenvalue weighted by Gasteiger charge is -2.33. The van der Waals surface area contributed by atoms with Crippen LogP contribution in [0.2, 0.25) is 0 Å².